The van der Waals surface area contributed by atoms with Gasteiger partial charge in [-0.15, -0.1) is 0 Å². The number of hydrogen-bond acceptors (Lipinski definition) is 3. The summed E-state index contributed by atoms with van der Waals surface area (Å²) in [5, 5.41) is 2.85. The van der Waals surface area contributed by atoms with Crippen molar-refractivity contribution in [3.63, 3.8) is 0 Å². The monoisotopic (exact) mass is 367 g/mol. The van der Waals surface area contributed by atoms with Gasteiger partial charge in [0.05, 0.1) is 5.92 Å². The van der Waals surface area contributed by atoms with Crippen molar-refractivity contribution >= 4 is 17.6 Å². The molecule has 2 aromatic carbocycles. The van der Waals surface area contributed by atoms with E-state index in [1.54, 1.807) is 0 Å². The Morgan fingerprint density at radius 1 is 0.963 bits per heavy atom. The second-order valence-corrected chi connectivity index (χ2v) is 7.17. The highest BCUT2D eigenvalue weighted by Crippen LogP contribution is 2.28. The van der Waals surface area contributed by atoms with E-state index in [-0.39, 0.29) is 36.2 Å². The van der Waals surface area contributed by atoms with E-state index in [2.05, 4.69) is 19.2 Å². The van der Waals surface area contributed by atoms with Gasteiger partial charge in [0.25, 0.3) is 5.91 Å². The van der Waals surface area contributed by atoms with E-state index in [1.165, 1.54) is 0 Å². The summed E-state index contributed by atoms with van der Waals surface area (Å²) >= 11 is 0. The Bertz CT molecular complexity index is 755. The molecule has 0 spiro atoms. The summed E-state index contributed by atoms with van der Waals surface area (Å²) in [5.74, 6) is -0.635. The van der Waals surface area contributed by atoms with Crippen LogP contribution in [0.15, 0.2) is 54.6 Å². The van der Waals surface area contributed by atoms with Crippen LogP contribution in [0, 0.1) is 5.92 Å². The summed E-state index contributed by atoms with van der Waals surface area (Å²) < 4.78 is 5.36. The lowest BCUT2D eigenvalue weighted by atomic mass is 9.86. The molecular formula is C23H29NO3. The first-order valence-electron chi connectivity index (χ1n) is 9.54. The summed E-state index contributed by atoms with van der Waals surface area (Å²) in [4.78, 5) is 25.0. The number of esters is 1. The lowest BCUT2D eigenvalue weighted by molar-refractivity contribution is -0.150. The van der Waals surface area contributed by atoms with Crippen LogP contribution in [0.25, 0.3) is 0 Å². The summed E-state index contributed by atoms with van der Waals surface area (Å²) in [6.45, 7) is 7.93. The van der Waals surface area contributed by atoms with Gasteiger partial charge in [-0.3, -0.25) is 9.59 Å². The topological polar surface area (TPSA) is 55.4 Å². The number of carbonyl (C=O) groups is 2. The van der Waals surface area contributed by atoms with E-state index in [1.807, 2.05) is 68.4 Å². The maximum Gasteiger partial charge on any atom is 0.314 e. The van der Waals surface area contributed by atoms with Gasteiger partial charge in [0.15, 0.2) is 6.61 Å². The molecule has 0 aliphatic carbocycles. The number of benzene rings is 2. The molecule has 0 radical (unpaired) electrons. The fourth-order valence-electron chi connectivity index (χ4n) is 3.12. The summed E-state index contributed by atoms with van der Waals surface area (Å²) in [6, 6.07) is 17.3. The number of ether oxygens (including phenoxy) is 1. The average Bonchev–Trinajstić information content (AvgIpc) is 2.67. The van der Waals surface area contributed by atoms with Gasteiger partial charge < -0.3 is 10.1 Å². The molecule has 4 nitrogen and oxygen atoms in total. The van der Waals surface area contributed by atoms with Crippen LogP contribution >= 0.6 is 0 Å². The zero-order chi connectivity index (χ0) is 19.8. The van der Waals surface area contributed by atoms with Gasteiger partial charge in [0, 0.05) is 5.69 Å². The van der Waals surface area contributed by atoms with Crippen molar-refractivity contribution in [2.45, 2.75) is 46.0 Å². The fraction of sp³-hybridized carbons (Fsp3) is 0.391. The number of anilines is 1. The van der Waals surface area contributed by atoms with Gasteiger partial charge in [-0.25, -0.2) is 0 Å². The third kappa shape index (κ3) is 5.68. The van der Waals surface area contributed by atoms with Crippen molar-refractivity contribution in [3.05, 3.63) is 65.7 Å². The van der Waals surface area contributed by atoms with Crippen LogP contribution in [0.2, 0.25) is 0 Å². The van der Waals surface area contributed by atoms with Gasteiger partial charge in [0.1, 0.15) is 0 Å². The van der Waals surface area contributed by atoms with Crippen LogP contribution in [0.3, 0.4) is 0 Å². The molecule has 144 valence electrons. The maximum absolute atomic E-state index is 12.7. The van der Waals surface area contributed by atoms with Crippen LogP contribution in [-0.4, -0.2) is 18.5 Å². The zero-order valence-corrected chi connectivity index (χ0v) is 16.6. The Hall–Kier alpha value is -2.62. The lowest BCUT2D eigenvalue weighted by Gasteiger charge is -2.22. The van der Waals surface area contributed by atoms with Crippen molar-refractivity contribution in [2.24, 2.45) is 5.92 Å². The van der Waals surface area contributed by atoms with Crippen molar-refractivity contribution in [1.82, 2.24) is 0 Å². The molecule has 0 aliphatic heterocycles. The van der Waals surface area contributed by atoms with E-state index in [4.69, 9.17) is 4.74 Å². The molecule has 0 bridgehead atoms. The highest BCUT2D eigenvalue weighted by molar-refractivity contribution is 5.94. The summed E-state index contributed by atoms with van der Waals surface area (Å²) in [7, 11) is 0. The van der Waals surface area contributed by atoms with Crippen molar-refractivity contribution < 1.29 is 14.3 Å². The van der Waals surface area contributed by atoms with Crippen LogP contribution in [-0.2, 0) is 14.3 Å². The molecule has 0 fully saturated rings. The van der Waals surface area contributed by atoms with Gasteiger partial charge >= 0.3 is 5.97 Å². The van der Waals surface area contributed by atoms with E-state index in [9.17, 15) is 9.59 Å². The van der Waals surface area contributed by atoms with Gasteiger partial charge in [-0.2, -0.15) is 0 Å². The molecule has 0 aliphatic rings. The molecule has 2 aromatic rings. The first kappa shape index (κ1) is 20.7. The second kappa shape index (κ2) is 9.91. The average molecular weight is 367 g/mol. The highest BCUT2D eigenvalue weighted by Gasteiger charge is 2.27. The van der Waals surface area contributed by atoms with Crippen molar-refractivity contribution in [2.75, 3.05) is 11.9 Å². The molecule has 4 heteroatoms. The number of carbonyl (C=O) groups excluding carboxylic acids is 2. The van der Waals surface area contributed by atoms with Gasteiger partial charge in [-0.1, -0.05) is 82.6 Å². The zero-order valence-electron chi connectivity index (χ0n) is 16.6. The largest absolute Gasteiger partial charge is 0.455 e. The number of hydrogen-bond donors (Lipinski definition) is 1. The van der Waals surface area contributed by atoms with E-state index in [0.717, 1.165) is 23.2 Å². The smallest absolute Gasteiger partial charge is 0.314 e. The summed E-state index contributed by atoms with van der Waals surface area (Å²) in [5.41, 5.74) is 2.73. The molecule has 0 heterocycles. The normalized spacial score (nSPS) is 13.1. The Kier molecular flexibility index (Phi) is 7.59. The Morgan fingerprint density at radius 2 is 1.59 bits per heavy atom. The molecule has 0 saturated heterocycles. The molecular weight excluding hydrogens is 338 g/mol. The molecule has 0 saturated carbocycles. The van der Waals surface area contributed by atoms with Gasteiger partial charge in [0.2, 0.25) is 0 Å². The van der Waals surface area contributed by atoms with Crippen molar-refractivity contribution in [3.8, 4) is 0 Å². The number of para-hydroxylation sites is 1. The SMILES string of the molecule is CC[C@H](C)[C@H](C(=O)OCC(=O)Nc1ccccc1C(C)C)c1ccccc1. The number of amides is 1. The van der Waals surface area contributed by atoms with Gasteiger partial charge in [-0.05, 0) is 29.0 Å². The van der Waals surface area contributed by atoms with E-state index >= 15 is 0 Å². The maximum atomic E-state index is 12.7. The molecule has 1 amide bonds. The van der Waals surface area contributed by atoms with E-state index < -0.39 is 0 Å². The quantitative estimate of drug-likeness (QED) is 0.659. The van der Waals surface area contributed by atoms with Crippen LogP contribution in [0.5, 0.6) is 0 Å². The number of rotatable bonds is 8. The first-order valence-corrected chi connectivity index (χ1v) is 9.54. The molecule has 1 N–H and O–H groups in total. The lowest BCUT2D eigenvalue weighted by Crippen LogP contribution is -2.27. The number of nitrogens with one attached hydrogen (secondary N) is 1. The molecule has 2 atom stereocenters. The standard InChI is InChI=1S/C23H29NO3/c1-5-17(4)22(18-11-7-6-8-12-18)23(26)27-15-21(25)24-20-14-10-9-13-19(20)16(2)3/h6-14,16-17,22H,5,15H2,1-4H3,(H,24,25)/t17-,22-/m0/s1. The van der Waals surface area contributed by atoms with Crippen LogP contribution in [0.1, 0.15) is 57.1 Å². The highest BCUT2D eigenvalue weighted by atomic mass is 16.5. The minimum absolute atomic E-state index is 0.129. The molecule has 2 rings (SSSR count). The minimum atomic E-state index is -0.369. The fourth-order valence-corrected chi connectivity index (χ4v) is 3.12. The molecule has 0 aromatic heterocycles. The Morgan fingerprint density at radius 3 is 2.22 bits per heavy atom. The second-order valence-electron chi connectivity index (χ2n) is 7.17. The van der Waals surface area contributed by atoms with Crippen molar-refractivity contribution in [1.29, 1.82) is 0 Å². The first-order chi connectivity index (χ1) is 12.9. The third-order valence-corrected chi connectivity index (χ3v) is 4.83. The van der Waals surface area contributed by atoms with E-state index in [0.29, 0.717) is 0 Å². The summed E-state index contributed by atoms with van der Waals surface area (Å²) in [6.07, 6.45) is 0.850. The predicted octanol–water partition coefficient (Wildman–Crippen LogP) is 5.12. The molecule has 27 heavy (non-hydrogen) atoms. The third-order valence-electron chi connectivity index (χ3n) is 4.83. The minimum Gasteiger partial charge on any atom is -0.455 e. The predicted molar refractivity (Wildman–Crippen MR) is 109 cm³/mol. The molecule has 0 unspecified atom stereocenters. The Labute approximate surface area is 161 Å². The van der Waals surface area contributed by atoms with Crippen LogP contribution < -0.4 is 5.32 Å². The van der Waals surface area contributed by atoms with Crippen LogP contribution in [0.4, 0.5) is 5.69 Å². The Balaban J connectivity index is 2.02.